The van der Waals surface area contributed by atoms with Crippen molar-refractivity contribution in [3.8, 4) is 10.7 Å². The van der Waals surface area contributed by atoms with Crippen LogP contribution in [0.15, 0.2) is 24.4 Å². The Bertz CT molecular complexity index is 725. The number of likely N-dealkylation sites (N-methyl/N-ethyl adjacent to an activating group) is 1. The highest BCUT2D eigenvalue weighted by atomic mass is 32.1. The summed E-state index contributed by atoms with van der Waals surface area (Å²) in [7, 11) is 2.16. The summed E-state index contributed by atoms with van der Waals surface area (Å²) < 4.78 is 0. The summed E-state index contributed by atoms with van der Waals surface area (Å²) in [5, 5.41) is 3.87. The van der Waals surface area contributed by atoms with Crippen LogP contribution in [0.4, 0.5) is 0 Å². The third kappa shape index (κ3) is 4.87. The molecule has 0 radical (unpaired) electrons. The minimum Gasteiger partial charge on any atom is -0.351 e. The van der Waals surface area contributed by atoms with Gasteiger partial charge in [0, 0.05) is 45.5 Å². The van der Waals surface area contributed by atoms with Crippen LogP contribution < -0.4 is 5.32 Å². The monoisotopic (exact) mass is 373 g/mol. The van der Waals surface area contributed by atoms with Crippen LogP contribution in [0.1, 0.15) is 22.3 Å². The predicted octanol–water partition coefficient (Wildman–Crippen LogP) is 2.13. The first-order valence-corrected chi connectivity index (χ1v) is 9.92. The second kappa shape index (κ2) is 8.70. The molecule has 26 heavy (non-hydrogen) atoms. The van der Waals surface area contributed by atoms with Crippen molar-refractivity contribution in [2.24, 2.45) is 5.92 Å². The molecule has 2 aromatic heterocycles. The molecule has 1 fully saturated rings. The summed E-state index contributed by atoms with van der Waals surface area (Å²) in [5.41, 5.74) is 1.57. The van der Waals surface area contributed by atoms with Gasteiger partial charge in [0.2, 0.25) is 0 Å². The second-order valence-corrected chi connectivity index (χ2v) is 8.07. The minimum atomic E-state index is -0.0348. The molecule has 140 valence electrons. The lowest BCUT2D eigenvalue weighted by atomic mass is 10.1. The summed E-state index contributed by atoms with van der Waals surface area (Å²) >= 11 is 1.41. The molecule has 1 N–H and O–H groups in total. The standard InChI is InChI=1S/C19H27N5OS/c1-14(13-24-10-8-23(3)9-11-24)12-21-18(25)17-15(2)22-19(26-17)16-6-4-5-7-20-16/h4-7,14H,8-13H2,1-3H3,(H,21,25). The minimum absolute atomic E-state index is 0.0348. The molecule has 0 aromatic carbocycles. The molecule has 0 aliphatic carbocycles. The number of amides is 1. The van der Waals surface area contributed by atoms with Crippen LogP contribution in [-0.2, 0) is 0 Å². The van der Waals surface area contributed by atoms with E-state index in [1.54, 1.807) is 6.20 Å². The third-order valence-electron chi connectivity index (χ3n) is 4.66. The molecule has 1 aliphatic heterocycles. The molecule has 1 unspecified atom stereocenters. The van der Waals surface area contributed by atoms with E-state index in [-0.39, 0.29) is 5.91 Å². The molecule has 2 aromatic rings. The van der Waals surface area contributed by atoms with Gasteiger partial charge in [0.15, 0.2) is 0 Å². The van der Waals surface area contributed by atoms with Gasteiger partial charge in [0.1, 0.15) is 9.88 Å². The fourth-order valence-corrected chi connectivity index (χ4v) is 4.05. The van der Waals surface area contributed by atoms with E-state index in [1.807, 2.05) is 25.1 Å². The molecule has 1 saturated heterocycles. The van der Waals surface area contributed by atoms with Gasteiger partial charge in [-0.3, -0.25) is 9.78 Å². The van der Waals surface area contributed by atoms with Gasteiger partial charge < -0.3 is 15.1 Å². The number of nitrogens with one attached hydrogen (secondary N) is 1. The lowest BCUT2D eigenvalue weighted by Crippen LogP contribution is -2.46. The summed E-state index contributed by atoms with van der Waals surface area (Å²) in [6.07, 6.45) is 1.74. The Labute approximate surface area is 159 Å². The fraction of sp³-hybridized carbons (Fsp3) is 0.526. The Kier molecular flexibility index (Phi) is 6.34. The zero-order chi connectivity index (χ0) is 18.5. The molecule has 3 heterocycles. The highest BCUT2D eigenvalue weighted by Gasteiger charge is 2.19. The van der Waals surface area contributed by atoms with Crippen molar-refractivity contribution in [2.75, 3.05) is 46.3 Å². The van der Waals surface area contributed by atoms with Crippen molar-refractivity contribution in [3.05, 3.63) is 35.0 Å². The number of aryl methyl sites for hydroxylation is 1. The molecule has 6 nitrogen and oxygen atoms in total. The maximum atomic E-state index is 12.6. The van der Waals surface area contributed by atoms with Gasteiger partial charge in [-0.05, 0) is 32.0 Å². The predicted molar refractivity (Wildman–Crippen MR) is 106 cm³/mol. The Morgan fingerprint density at radius 2 is 2.08 bits per heavy atom. The first-order chi connectivity index (χ1) is 12.5. The third-order valence-corrected chi connectivity index (χ3v) is 5.84. The average molecular weight is 374 g/mol. The number of hydrogen-bond acceptors (Lipinski definition) is 6. The van der Waals surface area contributed by atoms with Crippen LogP contribution in [0, 0.1) is 12.8 Å². The van der Waals surface area contributed by atoms with Crippen LogP contribution in [0.5, 0.6) is 0 Å². The zero-order valence-corrected chi connectivity index (χ0v) is 16.6. The van der Waals surface area contributed by atoms with Crippen LogP contribution in [0.25, 0.3) is 10.7 Å². The van der Waals surface area contributed by atoms with Crippen molar-refractivity contribution in [2.45, 2.75) is 13.8 Å². The second-order valence-electron chi connectivity index (χ2n) is 7.07. The molecular weight excluding hydrogens is 346 g/mol. The number of piperazine rings is 1. The number of carbonyl (C=O) groups is 1. The van der Waals surface area contributed by atoms with Crippen molar-refractivity contribution < 1.29 is 4.79 Å². The van der Waals surface area contributed by atoms with E-state index in [2.05, 4.69) is 39.1 Å². The lowest BCUT2D eigenvalue weighted by molar-refractivity contribution is 0.0940. The summed E-state index contributed by atoms with van der Waals surface area (Å²) in [6.45, 7) is 10.2. The zero-order valence-electron chi connectivity index (χ0n) is 15.7. The topological polar surface area (TPSA) is 61.4 Å². The Morgan fingerprint density at radius 1 is 1.31 bits per heavy atom. The van der Waals surface area contributed by atoms with Crippen LogP contribution in [0.2, 0.25) is 0 Å². The van der Waals surface area contributed by atoms with Gasteiger partial charge in [0.25, 0.3) is 5.91 Å². The lowest BCUT2D eigenvalue weighted by Gasteiger charge is -2.33. The molecule has 1 amide bonds. The molecule has 0 bridgehead atoms. The van der Waals surface area contributed by atoms with Gasteiger partial charge >= 0.3 is 0 Å². The van der Waals surface area contributed by atoms with Crippen molar-refractivity contribution in [1.29, 1.82) is 0 Å². The van der Waals surface area contributed by atoms with E-state index >= 15 is 0 Å². The number of rotatable bonds is 6. The maximum absolute atomic E-state index is 12.6. The first kappa shape index (κ1) is 18.9. The average Bonchev–Trinajstić information content (AvgIpc) is 3.04. The summed E-state index contributed by atoms with van der Waals surface area (Å²) in [5.74, 6) is 0.387. The van der Waals surface area contributed by atoms with E-state index in [4.69, 9.17) is 0 Å². The summed E-state index contributed by atoms with van der Waals surface area (Å²) in [6, 6.07) is 5.72. The number of nitrogens with zero attached hydrogens (tertiary/aromatic N) is 4. The number of thiazole rings is 1. The van der Waals surface area contributed by atoms with E-state index in [1.165, 1.54) is 11.3 Å². The molecule has 0 spiro atoms. The molecule has 0 saturated carbocycles. The van der Waals surface area contributed by atoms with Crippen LogP contribution in [-0.4, -0.2) is 72.0 Å². The van der Waals surface area contributed by atoms with Crippen LogP contribution >= 0.6 is 11.3 Å². The van der Waals surface area contributed by atoms with E-state index in [0.717, 1.165) is 49.1 Å². The summed E-state index contributed by atoms with van der Waals surface area (Å²) in [4.78, 5) is 26.9. The molecule has 1 atom stereocenters. The SMILES string of the molecule is Cc1nc(-c2ccccn2)sc1C(=O)NCC(C)CN1CCN(C)CC1. The molecule has 3 rings (SSSR count). The molecular formula is C19H27N5OS. The highest BCUT2D eigenvalue weighted by molar-refractivity contribution is 7.17. The van der Waals surface area contributed by atoms with Crippen LogP contribution in [0.3, 0.4) is 0 Å². The van der Waals surface area contributed by atoms with Gasteiger partial charge in [0.05, 0.1) is 11.4 Å². The Morgan fingerprint density at radius 3 is 2.77 bits per heavy atom. The smallest absolute Gasteiger partial charge is 0.263 e. The largest absolute Gasteiger partial charge is 0.351 e. The Hall–Kier alpha value is -1.83. The van der Waals surface area contributed by atoms with E-state index < -0.39 is 0 Å². The van der Waals surface area contributed by atoms with Gasteiger partial charge in [-0.25, -0.2) is 4.98 Å². The number of pyridine rings is 1. The molecule has 1 aliphatic rings. The van der Waals surface area contributed by atoms with Gasteiger partial charge in [-0.1, -0.05) is 13.0 Å². The number of aromatic nitrogens is 2. The number of hydrogen-bond donors (Lipinski definition) is 1. The van der Waals surface area contributed by atoms with E-state index in [0.29, 0.717) is 17.3 Å². The van der Waals surface area contributed by atoms with Crippen molar-refractivity contribution in [3.63, 3.8) is 0 Å². The van der Waals surface area contributed by atoms with E-state index in [9.17, 15) is 4.79 Å². The fourth-order valence-electron chi connectivity index (χ4n) is 3.09. The number of carbonyl (C=O) groups excluding carboxylic acids is 1. The highest BCUT2D eigenvalue weighted by Crippen LogP contribution is 2.26. The van der Waals surface area contributed by atoms with Gasteiger partial charge in [-0.2, -0.15) is 0 Å². The maximum Gasteiger partial charge on any atom is 0.263 e. The quantitative estimate of drug-likeness (QED) is 0.840. The van der Waals surface area contributed by atoms with Crippen molar-refractivity contribution >= 4 is 17.2 Å². The van der Waals surface area contributed by atoms with Gasteiger partial charge in [-0.15, -0.1) is 11.3 Å². The Balaban J connectivity index is 1.53. The first-order valence-electron chi connectivity index (χ1n) is 9.11. The molecule has 7 heteroatoms. The van der Waals surface area contributed by atoms with Crippen molar-refractivity contribution in [1.82, 2.24) is 25.1 Å². The normalized spacial score (nSPS) is 17.2.